The number of hydrogen-bond acceptors (Lipinski definition) is 2. The van der Waals surface area contributed by atoms with Gasteiger partial charge in [0.1, 0.15) is 5.82 Å². The quantitative estimate of drug-likeness (QED) is 0.861. The molecule has 1 fully saturated rings. The predicted molar refractivity (Wildman–Crippen MR) is 88.8 cm³/mol. The highest BCUT2D eigenvalue weighted by Gasteiger charge is 2.19. The summed E-state index contributed by atoms with van der Waals surface area (Å²) in [5, 5.41) is 8.16. The van der Waals surface area contributed by atoms with Gasteiger partial charge in [0.05, 0.1) is 12.2 Å². The van der Waals surface area contributed by atoms with E-state index in [2.05, 4.69) is 10.4 Å². The molecule has 0 spiro atoms. The molecule has 0 bridgehead atoms. The number of nitrogens with zero attached hydrogens (tertiary/aromatic N) is 2. The summed E-state index contributed by atoms with van der Waals surface area (Å²) >= 11 is 11.9. The highest BCUT2D eigenvalue weighted by molar-refractivity contribution is 6.35. The Morgan fingerprint density at radius 3 is 2.50 bits per heavy atom. The zero-order valence-electron chi connectivity index (χ0n) is 12.1. The first kappa shape index (κ1) is 15.4. The van der Waals surface area contributed by atoms with E-state index in [1.807, 2.05) is 10.7 Å². The third-order valence-corrected chi connectivity index (χ3v) is 4.39. The van der Waals surface area contributed by atoms with Gasteiger partial charge in [-0.15, -0.1) is 0 Å². The van der Waals surface area contributed by atoms with Gasteiger partial charge in [-0.1, -0.05) is 42.5 Å². The lowest BCUT2D eigenvalue weighted by Gasteiger charge is -2.23. The van der Waals surface area contributed by atoms with E-state index in [-0.39, 0.29) is 5.91 Å². The minimum atomic E-state index is -0.234. The number of benzene rings is 1. The van der Waals surface area contributed by atoms with E-state index in [1.54, 1.807) is 24.4 Å². The second kappa shape index (κ2) is 6.71. The summed E-state index contributed by atoms with van der Waals surface area (Å²) in [5.74, 6) is 0.481. The number of nitrogens with one attached hydrogen (secondary N) is 1. The van der Waals surface area contributed by atoms with Crippen LogP contribution in [0.5, 0.6) is 0 Å². The monoisotopic (exact) mass is 337 g/mol. The molecule has 1 saturated carbocycles. The summed E-state index contributed by atoms with van der Waals surface area (Å²) < 4.78 is 1.92. The zero-order chi connectivity index (χ0) is 15.5. The highest BCUT2D eigenvalue weighted by atomic mass is 35.5. The van der Waals surface area contributed by atoms with Crippen molar-refractivity contribution in [3.63, 3.8) is 0 Å². The lowest BCUT2D eigenvalue weighted by Crippen LogP contribution is -2.20. The summed E-state index contributed by atoms with van der Waals surface area (Å²) in [6.07, 6.45) is 7.63. The molecule has 0 radical (unpaired) electrons. The number of aromatic nitrogens is 2. The van der Waals surface area contributed by atoms with Crippen LogP contribution in [0.4, 0.5) is 5.82 Å². The molecule has 0 atom stereocenters. The van der Waals surface area contributed by atoms with Crippen LogP contribution in [0.1, 0.15) is 48.5 Å². The highest BCUT2D eigenvalue weighted by Crippen LogP contribution is 2.30. The maximum absolute atomic E-state index is 12.4. The van der Waals surface area contributed by atoms with Gasteiger partial charge in [0.15, 0.2) is 0 Å². The van der Waals surface area contributed by atoms with Gasteiger partial charge in [0, 0.05) is 21.7 Å². The van der Waals surface area contributed by atoms with Crippen molar-refractivity contribution in [2.24, 2.45) is 0 Å². The SMILES string of the molecule is O=C(Nc1ccnn1C1CCCCC1)c1cc(Cl)cc(Cl)c1. The molecule has 2 aromatic rings. The van der Waals surface area contributed by atoms with Crippen LogP contribution in [0.25, 0.3) is 0 Å². The Morgan fingerprint density at radius 1 is 1.14 bits per heavy atom. The lowest BCUT2D eigenvalue weighted by molar-refractivity contribution is 0.102. The summed E-state index contributed by atoms with van der Waals surface area (Å²) in [4.78, 5) is 12.4. The first-order valence-electron chi connectivity index (χ1n) is 7.44. The minimum absolute atomic E-state index is 0.234. The van der Waals surface area contributed by atoms with E-state index >= 15 is 0 Å². The molecule has 1 aliphatic rings. The molecule has 1 aromatic carbocycles. The van der Waals surface area contributed by atoms with Gasteiger partial charge in [-0.2, -0.15) is 5.10 Å². The van der Waals surface area contributed by atoms with Crippen LogP contribution in [-0.4, -0.2) is 15.7 Å². The average Bonchev–Trinajstić information content (AvgIpc) is 2.95. The number of halogens is 2. The fourth-order valence-corrected chi connectivity index (χ4v) is 3.43. The second-order valence-electron chi connectivity index (χ2n) is 5.57. The van der Waals surface area contributed by atoms with Crippen LogP contribution in [0, 0.1) is 0 Å². The molecule has 0 saturated heterocycles. The third-order valence-electron chi connectivity index (χ3n) is 3.96. The lowest BCUT2D eigenvalue weighted by atomic mass is 9.96. The molecule has 0 unspecified atom stereocenters. The zero-order valence-corrected chi connectivity index (χ0v) is 13.6. The Bertz CT molecular complexity index is 658. The van der Waals surface area contributed by atoms with Crippen molar-refractivity contribution in [3.8, 4) is 0 Å². The largest absolute Gasteiger partial charge is 0.307 e. The molecule has 1 N–H and O–H groups in total. The Labute approximate surface area is 139 Å². The van der Waals surface area contributed by atoms with Crippen molar-refractivity contribution in [3.05, 3.63) is 46.1 Å². The first-order chi connectivity index (χ1) is 10.6. The fraction of sp³-hybridized carbons (Fsp3) is 0.375. The van der Waals surface area contributed by atoms with Crippen molar-refractivity contribution in [1.82, 2.24) is 9.78 Å². The van der Waals surface area contributed by atoms with Gasteiger partial charge in [-0.3, -0.25) is 4.79 Å². The standard InChI is InChI=1S/C16H17Cl2N3O/c17-12-8-11(9-13(18)10-12)16(22)20-15-6-7-19-21(15)14-4-2-1-3-5-14/h6-10,14H,1-5H2,(H,20,22). The van der Waals surface area contributed by atoms with Crippen LogP contribution in [0.15, 0.2) is 30.5 Å². The van der Waals surface area contributed by atoms with Crippen molar-refractivity contribution >= 4 is 34.9 Å². The Balaban J connectivity index is 1.78. The summed E-state index contributed by atoms with van der Waals surface area (Å²) in [6.45, 7) is 0. The maximum Gasteiger partial charge on any atom is 0.256 e. The van der Waals surface area contributed by atoms with Gasteiger partial charge in [-0.05, 0) is 31.0 Å². The minimum Gasteiger partial charge on any atom is -0.307 e. The molecular weight excluding hydrogens is 321 g/mol. The van der Waals surface area contributed by atoms with Crippen molar-refractivity contribution < 1.29 is 4.79 Å². The normalized spacial score (nSPS) is 15.7. The molecule has 4 nitrogen and oxygen atoms in total. The van der Waals surface area contributed by atoms with Gasteiger partial charge in [0.2, 0.25) is 0 Å². The van der Waals surface area contributed by atoms with Gasteiger partial charge in [-0.25, -0.2) is 4.68 Å². The average molecular weight is 338 g/mol. The van der Waals surface area contributed by atoms with E-state index < -0.39 is 0 Å². The van der Waals surface area contributed by atoms with Crippen LogP contribution < -0.4 is 5.32 Å². The number of amides is 1. The van der Waals surface area contributed by atoms with Crippen LogP contribution >= 0.6 is 23.2 Å². The smallest absolute Gasteiger partial charge is 0.256 e. The Morgan fingerprint density at radius 2 is 1.82 bits per heavy atom. The van der Waals surface area contributed by atoms with E-state index in [0.717, 1.165) is 12.8 Å². The summed E-state index contributed by atoms with van der Waals surface area (Å²) in [5.41, 5.74) is 0.439. The Hall–Kier alpha value is -1.52. The van der Waals surface area contributed by atoms with Gasteiger partial charge >= 0.3 is 0 Å². The fourth-order valence-electron chi connectivity index (χ4n) is 2.90. The number of hydrogen-bond donors (Lipinski definition) is 1. The van der Waals surface area contributed by atoms with Crippen molar-refractivity contribution in [1.29, 1.82) is 0 Å². The molecule has 116 valence electrons. The van der Waals surface area contributed by atoms with Crippen molar-refractivity contribution in [2.75, 3.05) is 5.32 Å². The van der Waals surface area contributed by atoms with Gasteiger partial charge in [0.25, 0.3) is 5.91 Å². The topological polar surface area (TPSA) is 46.9 Å². The number of carbonyl (C=O) groups excluding carboxylic acids is 1. The molecule has 1 amide bonds. The molecular formula is C16H17Cl2N3O. The van der Waals surface area contributed by atoms with Gasteiger partial charge < -0.3 is 5.32 Å². The number of anilines is 1. The van der Waals surface area contributed by atoms with Crippen molar-refractivity contribution in [2.45, 2.75) is 38.1 Å². The first-order valence-corrected chi connectivity index (χ1v) is 8.20. The summed E-state index contributed by atoms with van der Waals surface area (Å²) in [6, 6.07) is 6.99. The molecule has 3 rings (SSSR count). The third kappa shape index (κ3) is 3.45. The Kier molecular flexibility index (Phi) is 4.69. The number of carbonyl (C=O) groups is 1. The molecule has 22 heavy (non-hydrogen) atoms. The molecule has 0 aliphatic heterocycles. The van der Waals surface area contributed by atoms with E-state index in [4.69, 9.17) is 23.2 Å². The van der Waals surface area contributed by atoms with E-state index in [9.17, 15) is 4.79 Å². The van der Waals surface area contributed by atoms with Crippen LogP contribution in [0.2, 0.25) is 10.0 Å². The second-order valence-corrected chi connectivity index (χ2v) is 6.44. The van der Waals surface area contributed by atoms with E-state index in [1.165, 1.54) is 19.3 Å². The molecule has 1 aromatic heterocycles. The molecule has 6 heteroatoms. The molecule has 1 aliphatic carbocycles. The summed E-state index contributed by atoms with van der Waals surface area (Å²) in [7, 11) is 0. The predicted octanol–water partition coefficient (Wildman–Crippen LogP) is 4.95. The molecule has 1 heterocycles. The van der Waals surface area contributed by atoms with Crippen LogP contribution in [-0.2, 0) is 0 Å². The van der Waals surface area contributed by atoms with Crippen LogP contribution in [0.3, 0.4) is 0 Å². The van der Waals surface area contributed by atoms with E-state index in [0.29, 0.717) is 27.5 Å². The number of rotatable bonds is 3. The maximum atomic E-state index is 12.4.